The summed E-state index contributed by atoms with van der Waals surface area (Å²) in [5.74, 6) is 2.39. The van der Waals surface area contributed by atoms with Crippen molar-refractivity contribution in [2.45, 2.75) is 26.4 Å². The summed E-state index contributed by atoms with van der Waals surface area (Å²) in [5.41, 5.74) is 0.938. The standard InChI is InChI=1S/C8H12O/c1-4-6-8(9)7(3)5-2/h1,5,8-9H,6H2,2-3H3/b7-5-. The second kappa shape index (κ2) is 4.17. The molecule has 0 saturated carbocycles. The highest BCUT2D eigenvalue weighted by atomic mass is 16.3. The summed E-state index contributed by atoms with van der Waals surface area (Å²) in [4.78, 5) is 0. The van der Waals surface area contributed by atoms with E-state index in [9.17, 15) is 0 Å². The lowest BCUT2D eigenvalue weighted by molar-refractivity contribution is 0.216. The van der Waals surface area contributed by atoms with Gasteiger partial charge in [0.1, 0.15) is 0 Å². The molecular formula is C8H12O. The van der Waals surface area contributed by atoms with Crippen molar-refractivity contribution in [3.05, 3.63) is 11.6 Å². The molecule has 9 heavy (non-hydrogen) atoms. The number of aliphatic hydroxyl groups is 1. The van der Waals surface area contributed by atoms with Gasteiger partial charge in [0.2, 0.25) is 0 Å². The third-order valence-corrected chi connectivity index (χ3v) is 1.29. The number of hydrogen-bond acceptors (Lipinski definition) is 1. The fourth-order valence-electron chi connectivity index (χ4n) is 0.465. The minimum Gasteiger partial charge on any atom is -0.388 e. The molecule has 1 heteroatoms. The SMILES string of the molecule is C#CCC(O)/C(C)=C\C. The van der Waals surface area contributed by atoms with Gasteiger partial charge in [-0.05, 0) is 19.4 Å². The first-order chi connectivity index (χ1) is 4.22. The predicted octanol–water partition coefficient (Wildman–Crippen LogP) is 1.34. The van der Waals surface area contributed by atoms with Gasteiger partial charge in [-0.1, -0.05) is 6.08 Å². The average Bonchev–Trinajstić information content (AvgIpc) is 1.87. The maximum atomic E-state index is 9.11. The zero-order valence-electron chi connectivity index (χ0n) is 5.89. The number of allylic oxidation sites excluding steroid dienone is 1. The number of terminal acetylenes is 1. The molecule has 0 heterocycles. The summed E-state index contributed by atoms with van der Waals surface area (Å²) in [6, 6.07) is 0. The van der Waals surface area contributed by atoms with Crippen molar-refractivity contribution in [2.75, 3.05) is 0 Å². The first-order valence-corrected chi connectivity index (χ1v) is 2.96. The van der Waals surface area contributed by atoms with E-state index >= 15 is 0 Å². The fraction of sp³-hybridized carbons (Fsp3) is 0.500. The highest BCUT2D eigenvalue weighted by Crippen LogP contribution is 2.02. The Morgan fingerprint density at radius 3 is 2.78 bits per heavy atom. The Kier molecular flexibility index (Phi) is 3.83. The quantitative estimate of drug-likeness (QED) is 0.435. The Hall–Kier alpha value is -0.740. The van der Waals surface area contributed by atoms with Crippen molar-refractivity contribution >= 4 is 0 Å². The molecule has 0 aliphatic carbocycles. The summed E-state index contributed by atoms with van der Waals surface area (Å²) in [6.45, 7) is 3.75. The van der Waals surface area contributed by atoms with E-state index in [0.717, 1.165) is 5.57 Å². The van der Waals surface area contributed by atoms with E-state index < -0.39 is 6.10 Å². The van der Waals surface area contributed by atoms with Gasteiger partial charge in [-0.2, -0.15) is 0 Å². The Balaban J connectivity index is 3.76. The zero-order chi connectivity index (χ0) is 7.28. The van der Waals surface area contributed by atoms with Crippen molar-refractivity contribution in [3.63, 3.8) is 0 Å². The molecule has 0 fully saturated rings. The molecule has 0 aromatic heterocycles. The lowest BCUT2D eigenvalue weighted by atomic mass is 10.1. The summed E-state index contributed by atoms with van der Waals surface area (Å²) in [7, 11) is 0. The Morgan fingerprint density at radius 1 is 1.89 bits per heavy atom. The molecule has 1 unspecified atom stereocenters. The van der Waals surface area contributed by atoms with Gasteiger partial charge in [-0.3, -0.25) is 0 Å². The van der Waals surface area contributed by atoms with E-state index in [4.69, 9.17) is 11.5 Å². The molecule has 0 aliphatic rings. The number of rotatable bonds is 2. The zero-order valence-corrected chi connectivity index (χ0v) is 5.89. The highest BCUT2D eigenvalue weighted by molar-refractivity contribution is 5.06. The van der Waals surface area contributed by atoms with Crippen LogP contribution in [0.25, 0.3) is 0 Å². The molecule has 1 nitrogen and oxygen atoms in total. The van der Waals surface area contributed by atoms with E-state index in [0.29, 0.717) is 6.42 Å². The van der Waals surface area contributed by atoms with Crippen LogP contribution in [0, 0.1) is 12.3 Å². The van der Waals surface area contributed by atoms with Crippen LogP contribution in [0.2, 0.25) is 0 Å². The van der Waals surface area contributed by atoms with Gasteiger partial charge in [0.25, 0.3) is 0 Å². The molecule has 0 amide bonds. The summed E-state index contributed by atoms with van der Waals surface area (Å²) < 4.78 is 0. The second-order valence-corrected chi connectivity index (χ2v) is 1.96. The first-order valence-electron chi connectivity index (χ1n) is 2.96. The van der Waals surface area contributed by atoms with Crippen LogP contribution < -0.4 is 0 Å². The number of hydrogen-bond donors (Lipinski definition) is 1. The molecule has 0 aromatic rings. The molecule has 0 aliphatic heterocycles. The summed E-state index contributed by atoms with van der Waals surface area (Å²) in [5, 5.41) is 9.11. The Bertz CT molecular complexity index is 139. The lowest BCUT2D eigenvalue weighted by Gasteiger charge is -2.04. The highest BCUT2D eigenvalue weighted by Gasteiger charge is 2.00. The smallest absolute Gasteiger partial charge is 0.0856 e. The van der Waals surface area contributed by atoms with Gasteiger partial charge in [0, 0.05) is 6.42 Å². The van der Waals surface area contributed by atoms with Gasteiger partial charge in [-0.15, -0.1) is 12.3 Å². The van der Waals surface area contributed by atoms with Crippen LogP contribution in [-0.2, 0) is 0 Å². The molecule has 50 valence electrons. The average molecular weight is 124 g/mol. The van der Waals surface area contributed by atoms with Crippen LogP contribution in [0.15, 0.2) is 11.6 Å². The minimum absolute atomic E-state index is 0.413. The van der Waals surface area contributed by atoms with Gasteiger partial charge < -0.3 is 5.11 Å². The molecule has 0 spiro atoms. The maximum absolute atomic E-state index is 9.11. The molecule has 0 radical (unpaired) electrons. The van der Waals surface area contributed by atoms with Crippen LogP contribution in [0.1, 0.15) is 20.3 Å². The van der Waals surface area contributed by atoms with E-state index in [1.807, 2.05) is 19.9 Å². The molecule has 0 aromatic carbocycles. The lowest BCUT2D eigenvalue weighted by Crippen LogP contribution is -2.05. The van der Waals surface area contributed by atoms with E-state index in [-0.39, 0.29) is 0 Å². The third-order valence-electron chi connectivity index (χ3n) is 1.29. The minimum atomic E-state index is -0.444. The maximum Gasteiger partial charge on any atom is 0.0856 e. The summed E-state index contributed by atoms with van der Waals surface area (Å²) >= 11 is 0. The van der Waals surface area contributed by atoms with E-state index in [1.165, 1.54) is 0 Å². The van der Waals surface area contributed by atoms with E-state index in [2.05, 4.69) is 5.92 Å². The van der Waals surface area contributed by atoms with Crippen LogP contribution in [-0.4, -0.2) is 11.2 Å². The van der Waals surface area contributed by atoms with Crippen LogP contribution in [0.3, 0.4) is 0 Å². The fourth-order valence-corrected chi connectivity index (χ4v) is 0.465. The molecule has 1 atom stereocenters. The number of aliphatic hydroxyl groups excluding tert-OH is 1. The van der Waals surface area contributed by atoms with Crippen molar-refractivity contribution in [2.24, 2.45) is 0 Å². The van der Waals surface area contributed by atoms with Crippen molar-refractivity contribution < 1.29 is 5.11 Å². The predicted molar refractivity (Wildman–Crippen MR) is 38.9 cm³/mol. The molecule has 0 bridgehead atoms. The molecule has 0 saturated heterocycles. The largest absolute Gasteiger partial charge is 0.388 e. The monoisotopic (exact) mass is 124 g/mol. The van der Waals surface area contributed by atoms with Crippen molar-refractivity contribution in [1.29, 1.82) is 0 Å². The normalized spacial score (nSPS) is 14.7. The van der Waals surface area contributed by atoms with Gasteiger partial charge >= 0.3 is 0 Å². The van der Waals surface area contributed by atoms with Gasteiger partial charge in [-0.25, -0.2) is 0 Å². The van der Waals surface area contributed by atoms with Gasteiger partial charge in [0.15, 0.2) is 0 Å². The molecule has 1 N–H and O–H groups in total. The Labute approximate surface area is 56.4 Å². The van der Waals surface area contributed by atoms with Crippen LogP contribution in [0.4, 0.5) is 0 Å². The van der Waals surface area contributed by atoms with E-state index in [1.54, 1.807) is 0 Å². The molecule has 0 rings (SSSR count). The summed E-state index contributed by atoms with van der Waals surface area (Å²) in [6.07, 6.45) is 6.82. The first kappa shape index (κ1) is 8.26. The van der Waals surface area contributed by atoms with Crippen molar-refractivity contribution in [1.82, 2.24) is 0 Å². The van der Waals surface area contributed by atoms with Crippen LogP contribution in [0.5, 0.6) is 0 Å². The van der Waals surface area contributed by atoms with Crippen molar-refractivity contribution in [3.8, 4) is 12.3 Å². The Morgan fingerprint density at radius 2 is 2.44 bits per heavy atom. The second-order valence-electron chi connectivity index (χ2n) is 1.96. The van der Waals surface area contributed by atoms with Gasteiger partial charge in [0.05, 0.1) is 6.10 Å². The molecular weight excluding hydrogens is 112 g/mol. The topological polar surface area (TPSA) is 20.2 Å². The van der Waals surface area contributed by atoms with Crippen LogP contribution >= 0.6 is 0 Å². The third kappa shape index (κ3) is 2.94.